The molecule has 0 radical (unpaired) electrons. The quantitative estimate of drug-likeness (QED) is 0.372. The summed E-state index contributed by atoms with van der Waals surface area (Å²) in [6.07, 6.45) is 1.41. The molecule has 1 atom stereocenters. The van der Waals surface area contributed by atoms with Crippen LogP contribution in [-0.4, -0.2) is 28.6 Å². The van der Waals surface area contributed by atoms with Gasteiger partial charge in [0.25, 0.3) is 0 Å². The number of carboxylic acid groups (broad SMARTS) is 1. The molecule has 1 aliphatic rings. The second-order valence-corrected chi connectivity index (χ2v) is 2.53. The van der Waals surface area contributed by atoms with Gasteiger partial charge in [-0.15, -0.1) is 0 Å². The second-order valence-electron chi connectivity index (χ2n) is 2.12. The third-order valence-electron chi connectivity index (χ3n) is 1.25. The number of carbonyl (C=O) groups is 1. The molecular weight excluding hydrogens is 170 g/mol. The zero-order chi connectivity index (χ0) is 8.43. The molecule has 0 fully saturated rings. The Morgan fingerprint density at radius 3 is 3.00 bits per heavy atom. The van der Waals surface area contributed by atoms with Crippen molar-refractivity contribution in [2.24, 2.45) is 0 Å². The average molecular weight is 178 g/mol. The fraction of sp³-hybridized carbons (Fsp3) is 0.400. The molecular formula is C5H8ClN3O2. The fourth-order valence-electron chi connectivity index (χ4n) is 0.649. The zero-order valence-electron chi connectivity index (χ0n) is 5.84. The molecule has 0 saturated heterocycles. The molecule has 1 unspecified atom stereocenters. The maximum atomic E-state index is 10.4. The number of alkyl halides is 1. The number of hydrogen-bond donors (Lipinski definition) is 3. The van der Waals surface area contributed by atoms with Gasteiger partial charge in [0.15, 0.2) is 11.3 Å². The number of aliphatic carboxylic acids is 1. The molecule has 0 aromatic rings. The van der Waals surface area contributed by atoms with E-state index in [0.29, 0.717) is 0 Å². The second kappa shape index (κ2) is 2.98. The van der Waals surface area contributed by atoms with Gasteiger partial charge in [-0.1, -0.05) is 11.6 Å². The highest BCUT2D eigenvalue weighted by Gasteiger charge is 2.18. The molecule has 0 aromatic heterocycles. The molecule has 0 bridgehead atoms. The Morgan fingerprint density at radius 1 is 1.91 bits per heavy atom. The molecule has 0 spiro atoms. The van der Waals surface area contributed by atoms with Crippen LogP contribution in [0, 0.1) is 0 Å². The van der Waals surface area contributed by atoms with E-state index < -0.39 is 11.6 Å². The average Bonchev–Trinajstić information content (AvgIpc) is 1.94. The van der Waals surface area contributed by atoms with Crippen molar-refractivity contribution in [2.45, 2.75) is 5.62 Å². The van der Waals surface area contributed by atoms with Gasteiger partial charge in [0, 0.05) is 13.2 Å². The van der Waals surface area contributed by atoms with Crippen molar-refractivity contribution < 1.29 is 9.90 Å². The number of hydrogen-bond acceptors (Lipinski definition) is 4. The van der Waals surface area contributed by atoms with Crippen molar-refractivity contribution in [3.8, 4) is 0 Å². The topological polar surface area (TPSA) is 64.6 Å². The Balaban J connectivity index is 2.71. The highest BCUT2D eigenvalue weighted by Crippen LogP contribution is 2.05. The summed E-state index contributed by atoms with van der Waals surface area (Å²) < 4.78 is 0. The van der Waals surface area contributed by atoms with Gasteiger partial charge in [0.05, 0.1) is 0 Å². The smallest absolute Gasteiger partial charge is 0.354 e. The third kappa shape index (κ3) is 1.75. The van der Waals surface area contributed by atoms with Crippen LogP contribution in [0.15, 0.2) is 11.9 Å². The van der Waals surface area contributed by atoms with Crippen LogP contribution in [-0.2, 0) is 4.79 Å². The molecule has 6 heteroatoms. The van der Waals surface area contributed by atoms with Gasteiger partial charge < -0.3 is 15.4 Å². The summed E-state index contributed by atoms with van der Waals surface area (Å²) >= 11 is 5.65. The van der Waals surface area contributed by atoms with Gasteiger partial charge in [-0.05, 0) is 0 Å². The molecule has 0 amide bonds. The molecule has 0 aliphatic carbocycles. The Hall–Kier alpha value is -0.940. The van der Waals surface area contributed by atoms with E-state index in [9.17, 15) is 4.79 Å². The highest BCUT2D eigenvalue weighted by molar-refractivity contribution is 6.20. The Kier molecular flexibility index (Phi) is 2.21. The number of nitrogens with zero attached hydrogens (tertiary/aromatic N) is 1. The van der Waals surface area contributed by atoms with Crippen LogP contribution in [0.4, 0.5) is 0 Å². The molecule has 5 nitrogen and oxygen atoms in total. The monoisotopic (exact) mass is 177 g/mol. The lowest BCUT2D eigenvalue weighted by molar-refractivity contribution is -0.133. The van der Waals surface area contributed by atoms with Gasteiger partial charge in [-0.25, -0.2) is 10.2 Å². The van der Waals surface area contributed by atoms with E-state index in [1.165, 1.54) is 6.20 Å². The SMILES string of the molecule is CN1C=C(C(=O)O)NNC1Cl. The van der Waals surface area contributed by atoms with Gasteiger partial charge in [0.2, 0.25) is 0 Å². The van der Waals surface area contributed by atoms with E-state index in [0.717, 1.165) is 0 Å². The first-order chi connectivity index (χ1) is 5.11. The van der Waals surface area contributed by atoms with Gasteiger partial charge in [-0.2, -0.15) is 0 Å². The molecule has 0 saturated carbocycles. The van der Waals surface area contributed by atoms with Crippen molar-refractivity contribution in [1.82, 2.24) is 15.8 Å². The van der Waals surface area contributed by atoms with Gasteiger partial charge in [-0.3, -0.25) is 0 Å². The Labute approximate surface area is 68.6 Å². The summed E-state index contributed by atoms with van der Waals surface area (Å²) in [6.45, 7) is 0. The highest BCUT2D eigenvalue weighted by atomic mass is 35.5. The first-order valence-corrected chi connectivity index (χ1v) is 3.37. The van der Waals surface area contributed by atoms with E-state index >= 15 is 0 Å². The molecule has 1 heterocycles. The van der Waals surface area contributed by atoms with Crippen molar-refractivity contribution in [1.29, 1.82) is 0 Å². The number of rotatable bonds is 1. The minimum absolute atomic E-state index is 0.0735. The van der Waals surface area contributed by atoms with E-state index in [1.807, 2.05) is 0 Å². The number of hydrazine groups is 1. The molecule has 1 rings (SSSR count). The van der Waals surface area contributed by atoms with Crippen LogP contribution in [0.1, 0.15) is 0 Å². The molecule has 3 N–H and O–H groups in total. The summed E-state index contributed by atoms with van der Waals surface area (Å²) in [5.41, 5.74) is 4.65. The van der Waals surface area contributed by atoms with E-state index in [-0.39, 0.29) is 5.70 Å². The predicted octanol–water partition coefficient (Wildman–Crippen LogP) is -0.526. The lowest BCUT2D eigenvalue weighted by Crippen LogP contribution is -2.50. The van der Waals surface area contributed by atoms with Crippen molar-refractivity contribution in [3.63, 3.8) is 0 Å². The Bertz CT molecular complexity index is 206. The number of halogens is 1. The summed E-state index contributed by atoms with van der Waals surface area (Å²) in [4.78, 5) is 11.9. The maximum absolute atomic E-state index is 10.4. The van der Waals surface area contributed by atoms with Gasteiger partial charge in [0.1, 0.15) is 0 Å². The first-order valence-electron chi connectivity index (χ1n) is 2.94. The Morgan fingerprint density at radius 2 is 2.55 bits per heavy atom. The van der Waals surface area contributed by atoms with E-state index in [1.54, 1.807) is 11.9 Å². The van der Waals surface area contributed by atoms with Crippen molar-refractivity contribution in [3.05, 3.63) is 11.9 Å². The normalized spacial score (nSPS) is 24.0. The van der Waals surface area contributed by atoms with Crippen LogP contribution in [0.5, 0.6) is 0 Å². The lowest BCUT2D eigenvalue weighted by Gasteiger charge is -2.28. The summed E-state index contributed by atoms with van der Waals surface area (Å²) in [5, 5.41) is 8.50. The van der Waals surface area contributed by atoms with Crippen LogP contribution in [0.2, 0.25) is 0 Å². The van der Waals surface area contributed by atoms with Gasteiger partial charge >= 0.3 is 5.97 Å². The maximum Gasteiger partial charge on any atom is 0.354 e. The standard InChI is InChI=1S/C5H8ClN3O2/c1-9-2-3(4(10)11)7-8-5(9)6/h2,5,7-8H,1H3,(H,10,11). The minimum Gasteiger partial charge on any atom is -0.476 e. The van der Waals surface area contributed by atoms with Crippen LogP contribution in [0.25, 0.3) is 0 Å². The van der Waals surface area contributed by atoms with Crippen molar-refractivity contribution >= 4 is 17.6 Å². The zero-order valence-corrected chi connectivity index (χ0v) is 6.59. The van der Waals surface area contributed by atoms with Crippen molar-refractivity contribution in [2.75, 3.05) is 7.05 Å². The third-order valence-corrected chi connectivity index (χ3v) is 1.66. The van der Waals surface area contributed by atoms with Crippen LogP contribution < -0.4 is 10.9 Å². The minimum atomic E-state index is -1.02. The molecule has 62 valence electrons. The molecule has 1 aliphatic heterocycles. The predicted molar refractivity (Wildman–Crippen MR) is 39.4 cm³/mol. The van der Waals surface area contributed by atoms with Crippen LogP contribution in [0.3, 0.4) is 0 Å². The first kappa shape index (κ1) is 8.16. The molecule has 0 aromatic carbocycles. The number of nitrogens with one attached hydrogen (secondary N) is 2. The lowest BCUT2D eigenvalue weighted by atomic mass is 10.4. The summed E-state index contributed by atoms with van der Waals surface area (Å²) in [6, 6.07) is 0. The van der Waals surface area contributed by atoms with Crippen LogP contribution >= 0.6 is 11.6 Å². The fourth-order valence-corrected chi connectivity index (χ4v) is 0.760. The summed E-state index contributed by atoms with van der Waals surface area (Å²) in [5.74, 6) is -1.02. The number of carboxylic acids is 1. The van der Waals surface area contributed by atoms with E-state index in [2.05, 4.69) is 10.9 Å². The van der Waals surface area contributed by atoms with E-state index in [4.69, 9.17) is 16.7 Å². The largest absolute Gasteiger partial charge is 0.476 e. The summed E-state index contributed by atoms with van der Waals surface area (Å²) in [7, 11) is 1.68. The molecule has 11 heavy (non-hydrogen) atoms.